The summed E-state index contributed by atoms with van der Waals surface area (Å²) >= 11 is 0. The van der Waals surface area contributed by atoms with Crippen LogP contribution < -0.4 is 4.74 Å². The Morgan fingerprint density at radius 1 is 1.05 bits per heavy atom. The third kappa shape index (κ3) is 5.71. The van der Waals surface area contributed by atoms with Crippen LogP contribution in [-0.4, -0.2) is 34.7 Å². The van der Waals surface area contributed by atoms with Gasteiger partial charge in [-0.15, -0.1) is 0 Å². The van der Waals surface area contributed by atoms with Crippen LogP contribution in [0.15, 0.2) is 66.7 Å². The first-order chi connectivity index (χ1) is 17.6. The molecule has 37 heavy (non-hydrogen) atoms. The van der Waals surface area contributed by atoms with Gasteiger partial charge in [0.2, 0.25) is 0 Å². The lowest BCUT2D eigenvalue weighted by Gasteiger charge is -2.24. The van der Waals surface area contributed by atoms with Gasteiger partial charge in [-0.25, -0.2) is 4.79 Å². The van der Waals surface area contributed by atoms with Gasteiger partial charge in [0.1, 0.15) is 11.9 Å². The summed E-state index contributed by atoms with van der Waals surface area (Å²) in [4.78, 5) is 25.5. The van der Waals surface area contributed by atoms with Gasteiger partial charge in [-0.05, 0) is 60.4 Å². The molecule has 0 spiro atoms. The quantitative estimate of drug-likeness (QED) is 0.373. The van der Waals surface area contributed by atoms with Crippen LogP contribution in [0.4, 0.5) is 18.0 Å². The van der Waals surface area contributed by atoms with Gasteiger partial charge < -0.3 is 14.6 Å². The lowest BCUT2D eigenvalue weighted by molar-refractivity contribution is -0.138. The molecule has 3 aromatic rings. The number of rotatable bonds is 8. The highest BCUT2D eigenvalue weighted by atomic mass is 19.4. The number of amides is 1. The van der Waals surface area contributed by atoms with Crippen LogP contribution in [0.2, 0.25) is 0 Å². The molecular formula is C28H26F3NO5. The highest BCUT2D eigenvalue weighted by molar-refractivity contribution is 5.78. The molecule has 0 aliphatic carbocycles. The van der Waals surface area contributed by atoms with Gasteiger partial charge in [0.05, 0.1) is 31.2 Å². The van der Waals surface area contributed by atoms with Crippen LogP contribution in [0, 0.1) is 0 Å². The number of nitrogens with zero attached hydrogens (tertiary/aromatic N) is 1. The van der Waals surface area contributed by atoms with Crippen molar-refractivity contribution >= 4 is 12.1 Å². The second-order valence-corrected chi connectivity index (χ2v) is 8.79. The summed E-state index contributed by atoms with van der Waals surface area (Å²) in [6, 6.07) is 16.8. The molecule has 9 heteroatoms. The van der Waals surface area contributed by atoms with Crippen LogP contribution in [0.1, 0.15) is 42.2 Å². The summed E-state index contributed by atoms with van der Waals surface area (Å²) < 4.78 is 52.3. The summed E-state index contributed by atoms with van der Waals surface area (Å²) in [5, 5.41) is 9.23. The molecule has 194 valence electrons. The number of hydrogen-bond acceptors (Lipinski definition) is 4. The van der Waals surface area contributed by atoms with Crippen molar-refractivity contribution < 1.29 is 37.3 Å². The zero-order chi connectivity index (χ0) is 26.7. The van der Waals surface area contributed by atoms with E-state index < -0.39 is 35.9 Å². The second-order valence-electron chi connectivity index (χ2n) is 8.79. The molecule has 1 amide bonds. The summed E-state index contributed by atoms with van der Waals surface area (Å²) in [5.74, 6) is -0.639. The SMILES string of the molecule is CCOc1ccc(CC(=O)O)cc1-c1ccc(C(F)(F)F)cc1CN1C(=O)O[C@H](c2ccccc2)[C@@H]1C. The van der Waals surface area contributed by atoms with E-state index in [4.69, 9.17) is 9.47 Å². The minimum Gasteiger partial charge on any atom is -0.493 e. The van der Waals surface area contributed by atoms with Gasteiger partial charge in [-0.3, -0.25) is 9.69 Å². The van der Waals surface area contributed by atoms with E-state index in [9.17, 15) is 27.9 Å². The predicted octanol–water partition coefficient (Wildman–Crippen LogP) is 6.48. The van der Waals surface area contributed by atoms with Crippen molar-refractivity contribution in [1.29, 1.82) is 0 Å². The third-order valence-corrected chi connectivity index (χ3v) is 6.28. The fourth-order valence-corrected chi connectivity index (χ4v) is 4.50. The van der Waals surface area contributed by atoms with Gasteiger partial charge in [-0.2, -0.15) is 13.2 Å². The maximum absolute atomic E-state index is 13.7. The molecule has 0 unspecified atom stereocenters. The van der Waals surface area contributed by atoms with E-state index in [1.165, 1.54) is 11.0 Å². The molecule has 0 saturated carbocycles. The first kappa shape index (κ1) is 26.1. The summed E-state index contributed by atoms with van der Waals surface area (Å²) in [6.45, 7) is 3.72. The average molecular weight is 514 g/mol. The number of carbonyl (C=O) groups excluding carboxylic acids is 1. The van der Waals surface area contributed by atoms with Crippen LogP contribution in [0.5, 0.6) is 5.75 Å². The van der Waals surface area contributed by atoms with Crippen molar-refractivity contribution in [2.24, 2.45) is 0 Å². The Morgan fingerprint density at radius 2 is 1.78 bits per heavy atom. The molecule has 0 radical (unpaired) electrons. The van der Waals surface area contributed by atoms with Crippen molar-refractivity contribution in [3.63, 3.8) is 0 Å². The molecule has 0 bridgehead atoms. The summed E-state index contributed by atoms with van der Waals surface area (Å²) in [6.07, 6.45) is -6.05. The van der Waals surface area contributed by atoms with E-state index in [1.807, 2.05) is 30.3 Å². The van der Waals surface area contributed by atoms with Crippen LogP contribution in [0.25, 0.3) is 11.1 Å². The summed E-state index contributed by atoms with van der Waals surface area (Å²) in [5.41, 5.74) is 1.49. The number of aliphatic carboxylic acids is 1. The fraction of sp³-hybridized carbons (Fsp3) is 0.286. The minimum atomic E-state index is -4.59. The van der Waals surface area contributed by atoms with Crippen LogP contribution >= 0.6 is 0 Å². The zero-order valence-corrected chi connectivity index (χ0v) is 20.3. The Kier molecular flexibility index (Phi) is 7.42. The van der Waals surface area contributed by atoms with Crippen molar-refractivity contribution in [2.45, 2.75) is 45.1 Å². The predicted molar refractivity (Wildman–Crippen MR) is 130 cm³/mol. The van der Waals surface area contributed by atoms with Crippen molar-refractivity contribution in [1.82, 2.24) is 4.90 Å². The fourth-order valence-electron chi connectivity index (χ4n) is 4.50. The van der Waals surface area contributed by atoms with E-state index in [0.29, 0.717) is 29.0 Å². The number of halogens is 3. The molecule has 1 aliphatic rings. The largest absolute Gasteiger partial charge is 0.493 e. The van der Waals surface area contributed by atoms with Crippen molar-refractivity contribution in [3.05, 3.63) is 89.0 Å². The van der Waals surface area contributed by atoms with Crippen molar-refractivity contribution in [2.75, 3.05) is 6.61 Å². The number of alkyl halides is 3. The molecule has 1 fully saturated rings. The Morgan fingerprint density at radius 3 is 2.43 bits per heavy atom. The number of cyclic esters (lactones) is 1. The topological polar surface area (TPSA) is 76.1 Å². The average Bonchev–Trinajstić information content (AvgIpc) is 3.13. The molecule has 6 nitrogen and oxygen atoms in total. The van der Waals surface area contributed by atoms with Gasteiger partial charge in [0, 0.05) is 5.56 Å². The summed E-state index contributed by atoms with van der Waals surface area (Å²) in [7, 11) is 0. The number of carboxylic acids is 1. The number of ether oxygens (including phenoxy) is 2. The second kappa shape index (κ2) is 10.5. The molecular weight excluding hydrogens is 487 g/mol. The minimum absolute atomic E-state index is 0.142. The van der Waals surface area contributed by atoms with E-state index in [-0.39, 0.29) is 18.5 Å². The lowest BCUT2D eigenvalue weighted by atomic mass is 9.93. The van der Waals surface area contributed by atoms with Crippen LogP contribution in [0.3, 0.4) is 0 Å². The molecule has 1 saturated heterocycles. The third-order valence-electron chi connectivity index (χ3n) is 6.28. The van der Waals surface area contributed by atoms with Gasteiger partial charge in [0.15, 0.2) is 0 Å². The Hall–Kier alpha value is -4.01. The number of carboxylic acid groups (broad SMARTS) is 1. The number of benzene rings is 3. The highest BCUT2D eigenvalue weighted by Gasteiger charge is 2.40. The van der Waals surface area contributed by atoms with E-state index in [1.54, 1.807) is 32.0 Å². The smallest absolute Gasteiger partial charge is 0.416 e. The molecule has 1 heterocycles. The van der Waals surface area contributed by atoms with E-state index >= 15 is 0 Å². The Balaban J connectivity index is 1.79. The number of hydrogen-bond donors (Lipinski definition) is 1. The normalized spacial score (nSPS) is 17.5. The van der Waals surface area contributed by atoms with Gasteiger partial charge in [0.25, 0.3) is 0 Å². The van der Waals surface area contributed by atoms with E-state index in [0.717, 1.165) is 17.7 Å². The molecule has 2 atom stereocenters. The van der Waals surface area contributed by atoms with Crippen molar-refractivity contribution in [3.8, 4) is 16.9 Å². The molecule has 3 aromatic carbocycles. The molecule has 4 rings (SSSR count). The first-order valence-electron chi connectivity index (χ1n) is 11.8. The monoisotopic (exact) mass is 513 g/mol. The lowest BCUT2D eigenvalue weighted by Crippen LogP contribution is -2.31. The Labute approximate surface area is 212 Å². The van der Waals surface area contributed by atoms with Crippen LogP contribution in [-0.2, 0) is 28.7 Å². The highest BCUT2D eigenvalue weighted by Crippen LogP contribution is 2.40. The standard InChI is InChI=1S/C28H26F3NO5/c1-3-36-24-12-9-18(14-25(33)34)13-23(24)22-11-10-21(28(29,30)31)15-20(22)16-32-17(2)26(37-27(32)35)19-7-5-4-6-8-19/h4-13,15,17,26H,3,14,16H2,1-2H3,(H,33,34)/t17-,26-/m0/s1. The van der Waals surface area contributed by atoms with E-state index in [2.05, 4.69) is 0 Å². The zero-order valence-electron chi connectivity index (χ0n) is 20.3. The maximum Gasteiger partial charge on any atom is 0.416 e. The maximum atomic E-state index is 13.7. The number of carbonyl (C=O) groups is 2. The van der Waals surface area contributed by atoms with Gasteiger partial charge in [-0.1, -0.05) is 42.5 Å². The molecule has 0 aromatic heterocycles. The molecule has 1 N–H and O–H groups in total. The Bertz CT molecular complexity index is 1290. The van der Waals surface area contributed by atoms with Gasteiger partial charge >= 0.3 is 18.2 Å². The first-order valence-corrected chi connectivity index (χ1v) is 11.8. The molecule has 1 aliphatic heterocycles.